The average molecular weight is 558 g/mol. The number of Topliss-reactive ketones (excluding diaryl/α,β-unsaturated/α-hetero) is 1. The van der Waals surface area contributed by atoms with Crippen LogP contribution in [-0.2, 0) is 9.59 Å². The number of thioether (sulfide) groups is 1. The van der Waals surface area contributed by atoms with Gasteiger partial charge in [-0.3, -0.25) is 14.5 Å². The Kier molecular flexibility index (Phi) is 7.41. The molecule has 0 radical (unpaired) electrons. The van der Waals surface area contributed by atoms with Crippen LogP contribution in [0.25, 0.3) is 0 Å². The lowest BCUT2D eigenvalue weighted by molar-refractivity contribution is -0.116. The van der Waals surface area contributed by atoms with Gasteiger partial charge >= 0.3 is 0 Å². The van der Waals surface area contributed by atoms with Crippen LogP contribution < -0.4 is 16.0 Å². The second kappa shape index (κ2) is 11.1. The number of aromatic nitrogens is 2. The second-order valence-corrected chi connectivity index (χ2v) is 10.9. The fourth-order valence-corrected chi connectivity index (χ4v) is 6.36. The van der Waals surface area contributed by atoms with E-state index in [-0.39, 0.29) is 40.8 Å². The summed E-state index contributed by atoms with van der Waals surface area (Å²) in [6.07, 6.45) is 1.36. The van der Waals surface area contributed by atoms with E-state index in [0.717, 1.165) is 23.1 Å². The van der Waals surface area contributed by atoms with Gasteiger partial charge in [-0.25, -0.2) is 4.39 Å². The average Bonchev–Trinajstić information content (AvgIpc) is 3.40. The number of hydrogen-bond donors (Lipinski definition) is 2. The van der Waals surface area contributed by atoms with Gasteiger partial charge in [0.15, 0.2) is 10.1 Å². The maximum absolute atomic E-state index is 14.9. The number of amides is 1. The largest absolute Gasteiger partial charge is 0.384 e. The van der Waals surface area contributed by atoms with Crippen molar-refractivity contribution in [2.24, 2.45) is 5.73 Å². The van der Waals surface area contributed by atoms with Gasteiger partial charge in [0.2, 0.25) is 11.0 Å². The third kappa shape index (κ3) is 5.00. The lowest BCUT2D eigenvalue weighted by Gasteiger charge is -2.38. The van der Waals surface area contributed by atoms with E-state index >= 15 is 0 Å². The van der Waals surface area contributed by atoms with Crippen LogP contribution in [0.4, 0.5) is 15.2 Å². The standard InChI is InChI=1S/C27H20FN7O2S2/c28-18-8-3-2-7-16(18)23-17(13-30)25(31)35(20-10-5-11-21(36)24(20)23)26-33-34-27(39-26)38-14-22(37)32-19-9-4-1-6-15(19)12-29/h1-4,6-9,23H,5,10-11,14,31H2,(H,32,37). The molecule has 5 rings (SSSR count). The smallest absolute Gasteiger partial charge is 0.234 e. The normalized spacial score (nSPS) is 16.9. The van der Waals surface area contributed by atoms with E-state index in [4.69, 9.17) is 5.73 Å². The number of nitrogens with one attached hydrogen (secondary N) is 1. The van der Waals surface area contributed by atoms with Gasteiger partial charge in [0.05, 0.1) is 34.6 Å². The van der Waals surface area contributed by atoms with E-state index in [1.807, 2.05) is 6.07 Å². The molecular formula is C27H20FN7O2S2. The minimum Gasteiger partial charge on any atom is -0.384 e. The Morgan fingerprint density at radius 1 is 1.15 bits per heavy atom. The van der Waals surface area contributed by atoms with Crippen molar-refractivity contribution in [1.82, 2.24) is 10.2 Å². The molecule has 1 amide bonds. The summed E-state index contributed by atoms with van der Waals surface area (Å²) in [5.41, 5.74) is 8.48. The molecule has 2 aliphatic rings. The maximum Gasteiger partial charge on any atom is 0.234 e. The molecule has 2 aromatic carbocycles. The van der Waals surface area contributed by atoms with E-state index < -0.39 is 11.7 Å². The zero-order valence-corrected chi connectivity index (χ0v) is 22.0. The summed E-state index contributed by atoms with van der Waals surface area (Å²) < 4.78 is 15.3. The van der Waals surface area contributed by atoms with E-state index in [2.05, 4.69) is 21.6 Å². The summed E-state index contributed by atoms with van der Waals surface area (Å²) in [6, 6.07) is 16.9. The first-order valence-corrected chi connectivity index (χ1v) is 13.7. The van der Waals surface area contributed by atoms with Gasteiger partial charge in [-0.15, -0.1) is 10.2 Å². The molecule has 194 valence electrons. The number of carbonyl (C=O) groups is 2. The third-order valence-corrected chi connectivity index (χ3v) is 8.41. The Morgan fingerprint density at radius 2 is 1.92 bits per heavy atom. The van der Waals surface area contributed by atoms with Crippen molar-refractivity contribution in [2.75, 3.05) is 16.0 Å². The predicted molar refractivity (Wildman–Crippen MR) is 145 cm³/mol. The Morgan fingerprint density at radius 3 is 2.69 bits per heavy atom. The summed E-state index contributed by atoms with van der Waals surface area (Å²) in [5, 5.41) is 30.7. The lowest BCUT2D eigenvalue weighted by Crippen LogP contribution is -2.38. The molecule has 1 aromatic heterocycles. The summed E-state index contributed by atoms with van der Waals surface area (Å²) in [4.78, 5) is 27.2. The van der Waals surface area contributed by atoms with E-state index in [1.54, 1.807) is 47.4 Å². The number of anilines is 2. The van der Waals surface area contributed by atoms with Crippen molar-refractivity contribution < 1.29 is 14.0 Å². The molecule has 0 bridgehead atoms. The maximum atomic E-state index is 14.9. The SMILES string of the molecule is N#CC1=C(N)N(c2nnc(SCC(=O)Nc3ccccc3C#N)s2)C2=C(C(=O)CCC2)C1c1ccccc1F. The molecule has 0 spiro atoms. The molecule has 39 heavy (non-hydrogen) atoms. The molecule has 12 heteroatoms. The first-order valence-electron chi connectivity index (χ1n) is 11.9. The highest BCUT2D eigenvalue weighted by Crippen LogP contribution is 2.47. The molecule has 1 aliphatic carbocycles. The van der Waals surface area contributed by atoms with Gasteiger partial charge in [-0.05, 0) is 31.0 Å². The molecule has 1 unspecified atom stereocenters. The van der Waals surface area contributed by atoms with Crippen molar-refractivity contribution >= 4 is 45.6 Å². The van der Waals surface area contributed by atoms with Crippen LogP contribution in [0.1, 0.15) is 36.3 Å². The molecule has 2 heterocycles. The van der Waals surface area contributed by atoms with Crippen molar-refractivity contribution in [1.29, 1.82) is 10.5 Å². The number of nitrogens with two attached hydrogens (primary N) is 1. The molecule has 3 aromatic rings. The molecule has 0 saturated heterocycles. The Bertz CT molecular complexity index is 1630. The zero-order valence-electron chi connectivity index (χ0n) is 20.3. The summed E-state index contributed by atoms with van der Waals surface area (Å²) in [7, 11) is 0. The molecule has 9 nitrogen and oxygen atoms in total. The van der Waals surface area contributed by atoms with E-state index in [1.165, 1.54) is 6.07 Å². The fourth-order valence-electron chi connectivity index (χ4n) is 4.68. The van der Waals surface area contributed by atoms with Crippen molar-refractivity contribution in [2.45, 2.75) is 29.5 Å². The van der Waals surface area contributed by atoms with Gasteiger partial charge in [-0.2, -0.15) is 10.5 Å². The van der Waals surface area contributed by atoms with Crippen LogP contribution >= 0.6 is 23.1 Å². The van der Waals surface area contributed by atoms with Gasteiger partial charge < -0.3 is 11.1 Å². The first kappa shape index (κ1) is 26.1. The molecular weight excluding hydrogens is 537 g/mol. The van der Waals surface area contributed by atoms with Crippen molar-refractivity contribution in [3.8, 4) is 12.1 Å². The topological polar surface area (TPSA) is 149 Å². The summed E-state index contributed by atoms with van der Waals surface area (Å²) in [5.74, 6) is -1.82. The number of nitrogens with zero attached hydrogens (tertiary/aromatic N) is 5. The van der Waals surface area contributed by atoms with Crippen LogP contribution in [-0.4, -0.2) is 27.6 Å². The Labute approximate surface area is 231 Å². The van der Waals surface area contributed by atoms with Crippen LogP contribution in [0.3, 0.4) is 0 Å². The number of nitriles is 2. The number of benzene rings is 2. The van der Waals surface area contributed by atoms with E-state index in [0.29, 0.717) is 44.8 Å². The highest BCUT2D eigenvalue weighted by Gasteiger charge is 2.42. The van der Waals surface area contributed by atoms with Crippen LogP contribution in [0.15, 0.2) is 75.5 Å². The van der Waals surface area contributed by atoms with Crippen molar-refractivity contribution in [3.63, 3.8) is 0 Å². The molecule has 3 N–H and O–H groups in total. The predicted octanol–water partition coefficient (Wildman–Crippen LogP) is 4.58. The number of allylic oxidation sites excluding steroid dienone is 3. The highest BCUT2D eigenvalue weighted by molar-refractivity contribution is 8.01. The molecule has 1 atom stereocenters. The first-order chi connectivity index (χ1) is 18.9. The lowest BCUT2D eigenvalue weighted by atomic mass is 9.75. The monoisotopic (exact) mass is 557 g/mol. The van der Waals surface area contributed by atoms with E-state index in [9.17, 15) is 24.5 Å². The Balaban J connectivity index is 1.43. The summed E-state index contributed by atoms with van der Waals surface area (Å²) >= 11 is 2.31. The molecule has 0 saturated carbocycles. The van der Waals surface area contributed by atoms with Gasteiger partial charge in [0, 0.05) is 23.3 Å². The van der Waals surface area contributed by atoms with Crippen LogP contribution in [0, 0.1) is 28.5 Å². The third-order valence-electron chi connectivity index (χ3n) is 6.36. The van der Waals surface area contributed by atoms with Gasteiger partial charge in [0.1, 0.15) is 17.7 Å². The molecule has 0 fully saturated rings. The number of ketones is 1. The summed E-state index contributed by atoms with van der Waals surface area (Å²) in [6.45, 7) is 0. The minimum atomic E-state index is -0.906. The second-order valence-electron chi connectivity index (χ2n) is 8.68. The van der Waals surface area contributed by atoms with Crippen molar-refractivity contribution in [3.05, 3.63) is 88.1 Å². The number of para-hydroxylation sites is 1. The van der Waals surface area contributed by atoms with Crippen LogP contribution in [0.2, 0.25) is 0 Å². The quantitative estimate of drug-likeness (QED) is 0.415. The number of rotatable bonds is 6. The number of halogens is 1. The fraction of sp³-hybridized carbons (Fsp3) is 0.185. The highest BCUT2D eigenvalue weighted by atomic mass is 32.2. The molecule has 1 aliphatic heterocycles. The minimum absolute atomic E-state index is 0.0188. The Hall–Kier alpha value is -4.52. The van der Waals surface area contributed by atoms with Gasteiger partial charge in [0.25, 0.3) is 0 Å². The number of hydrogen-bond acceptors (Lipinski definition) is 10. The zero-order chi connectivity index (χ0) is 27.5. The van der Waals surface area contributed by atoms with Crippen LogP contribution in [0.5, 0.6) is 0 Å². The number of carbonyl (C=O) groups excluding carboxylic acids is 2. The van der Waals surface area contributed by atoms with Gasteiger partial charge in [-0.1, -0.05) is 53.4 Å².